The van der Waals surface area contributed by atoms with E-state index in [0.29, 0.717) is 5.82 Å². The molecule has 0 unspecified atom stereocenters. The molecule has 0 radical (unpaired) electrons. The molecule has 0 aliphatic heterocycles. The third-order valence-electron chi connectivity index (χ3n) is 2.80. The molecule has 0 saturated heterocycles. The van der Waals surface area contributed by atoms with Crippen LogP contribution >= 0.6 is 0 Å². The van der Waals surface area contributed by atoms with E-state index in [1.807, 2.05) is 20.9 Å². The van der Waals surface area contributed by atoms with Crippen molar-refractivity contribution in [3.63, 3.8) is 0 Å². The number of anilines is 1. The Balaban J connectivity index is 2.08. The van der Waals surface area contributed by atoms with Crippen LogP contribution < -0.4 is 5.32 Å². The van der Waals surface area contributed by atoms with E-state index in [-0.39, 0.29) is 11.9 Å². The lowest BCUT2D eigenvalue weighted by atomic mass is 10.2. The van der Waals surface area contributed by atoms with Crippen molar-refractivity contribution in [3.8, 4) is 0 Å². The minimum Gasteiger partial charge on any atom is -0.290 e. The van der Waals surface area contributed by atoms with Gasteiger partial charge >= 0.3 is 0 Å². The van der Waals surface area contributed by atoms with Crippen LogP contribution in [-0.2, 0) is 11.8 Å². The molecule has 0 bridgehead atoms. The van der Waals surface area contributed by atoms with Crippen LogP contribution in [0.5, 0.6) is 0 Å². The third-order valence-corrected chi connectivity index (χ3v) is 2.80. The molecule has 2 heterocycles. The summed E-state index contributed by atoms with van der Waals surface area (Å²) in [5, 5.41) is 13.3. The zero-order valence-corrected chi connectivity index (χ0v) is 11.4. The molecule has 0 atom stereocenters. The Morgan fingerprint density at radius 2 is 2.11 bits per heavy atom. The van der Waals surface area contributed by atoms with Gasteiger partial charge in [-0.15, -0.1) is 5.10 Å². The molecule has 0 saturated carbocycles. The van der Waals surface area contributed by atoms with E-state index in [2.05, 4.69) is 25.6 Å². The van der Waals surface area contributed by atoms with Gasteiger partial charge in [-0.3, -0.25) is 19.9 Å². The lowest BCUT2D eigenvalue weighted by Gasteiger charge is -1.96. The van der Waals surface area contributed by atoms with Gasteiger partial charge in [-0.25, -0.2) is 0 Å². The van der Waals surface area contributed by atoms with Crippen LogP contribution in [0, 0.1) is 20.8 Å². The fraction of sp³-hybridized carbons (Fsp3) is 0.333. The van der Waals surface area contributed by atoms with Gasteiger partial charge in [-0.1, -0.05) is 0 Å². The summed E-state index contributed by atoms with van der Waals surface area (Å²) < 4.78 is 1.78. The maximum Gasteiger partial charge on any atom is 0.250 e. The molecule has 0 spiro atoms. The van der Waals surface area contributed by atoms with Crippen LogP contribution in [0.25, 0.3) is 6.08 Å². The van der Waals surface area contributed by atoms with Gasteiger partial charge in [0.1, 0.15) is 5.82 Å². The van der Waals surface area contributed by atoms with E-state index in [0.717, 1.165) is 17.0 Å². The summed E-state index contributed by atoms with van der Waals surface area (Å²) in [5.41, 5.74) is 2.84. The minimum absolute atomic E-state index is 0.270. The molecule has 2 rings (SSSR count). The van der Waals surface area contributed by atoms with Crippen LogP contribution in [0.15, 0.2) is 6.08 Å². The number of carbonyl (C=O) groups is 1. The molecule has 2 N–H and O–H groups in total. The molecule has 0 aromatic carbocycles. The van der Waals surface area contributed by atoms with Crippen molar-refractivity contribution in [1.29, 1.82) is 0 Å². The third kappa shape index (κ3) is 2.87. The predicted octanol–water partition coefficient (Wildman–Crippen LogP) is 1.12. The van der Waals surface area contributed by atoms with Gasteiger partial charge in [0.15, 0.2) is 0 Å². The number of carbonyl (C=O) groups excluding carboxylic acids is 1. The zero-order chi connectivity index (χ0) is 14.0. The summed E-state index contributed by atoms with van der Waals surface area (Å²) in [5.74, 6) is 0.645. The standard InChI is InChI=1S/C12H16N6O/c1-7-10(8(2)18(4)17-7)5-6-11(19)14-12-13-9(3)15-16-12/h5-6H,1-4H3,(H2,13,14,15,16,19)/b6-5+. The van der Waals surface area contributed by atoms with Gasteiger partial charge in [0.05, 0.1) is 5.69 Å². The molecule has 100 valence electrons. The average molecular weight is 260 g/mol. The van der Waals surface area contributed by atoms with E-state index in [1.165, 1.54) is 6.08 Å². The average Bonchev–Trinajstić information content (AvgIpc) is 2.83. The van der Waals surface area contributed by atoms with Crippen LogP contribution in [0.4, 0.5) is 5.95 Å². The normalized spacial score (nSPS) is 11.2. The maximum absolute atomic E-state index is 11.7. The molecule has 7 nitrogen and oxygen atoms in total. The van der Waals surface area contributed by atoms with E-state index in [9.17, 15) is 4.79 Å². The van der Waals surface area contributed by atoms with Gasteiger partial charge in [0.2, 0.25) is 5.95 Å². The number of aromatic amines is 1. The first kappa shape index (κ1) is 13.0. The van der Waals surface area contributed by atoms with Crippen LogP contribution in [0.1, 0.15) is 22.8 Å². The van der Waals surface area contributed by atoms with Crippen molar-refractivity contribution < 1.29 is 4.79 Å². The summed E-state index contributed by atoms with van der Waals surface area (Å²) in [6.45, 7) is 5.63. The van der Waals surface area contributed by atoms with E-state index >= 15 is 0 Å². The molecule has 0 aliphatic carbocycles. The van der Waals surface area contributed by atoms with Crippen molar-refractivity contribution in [2.75, 3.05) is 5.32 Å². The summed E-state index contributed by atoms with van der Waals surface area (Å²) >= 11 is 0. The maximum atomic E-state index is 11.7. The Hall–Kier alpha value is -2.44. The van der Waals surface area contributed by atoms with E-state index < -0.39 is 0 Å². The second kappa shape index (κ2) is 5.05. The lowest BCUT2D eigenvalue weighted by molar-refractivity contribution is -0.111. The Labute approximate surface area is 110 Å². The number of aromatic nitrogens is 5. The van der Waals surface area contributed by atoms with Gasteiger partial charge in [-0.2, -0.15) is 10.1 Å². The fourth-order valence-electron chi connectivity index (χ4n) is 1.74. The smallest absolute Gasteiger partial charge is 0.250 e. The first-order valence-corrected chi connectivity index (χ1v) is 5.85. The van der Waals surface area contributed by atoms with Crippen molar-refractivity contribution in [2.45, 2.75) is 20.8 Å². The van der Waals surface area contributed by atoms with Crippen LogP contribution in [0.2, 0.25) is 0 Å². The number of amides is 1. The number of hydrogen-bond acceptors (Lipinski definition) is 4. The highest BCUT2D eigenvalue weighted by Gasteiger charge is 2.07. The summed E-state index contributed by atoms with van der Waals surface area (Å²) in [4.78, 5) is 15.7. The highest BCUT2D eigenvalue weighted by molar-refractivity contribution is 6.01. The lowest BCUT2D eigenvalue weighted by Crippen LogP contribution is -2.09. The quantitative estimate of drug-likeness (QED) is 0.809. The molecule has 19 heavy (non-hydrogen) atoms. The first-order valence-electron chi connectivity index (χ1n) is 5.85. The predicted molar refractivity (Wildman–Crippen MR) is 71.5 cm³/mol. The second-order valence-electron chi connectivity index (χ2n) is 4.28. The van der Waals surface area contributed by atoms with Crippen LogP contribution in [-0.4, -0.2) is 30.9 Å². The van der Waals surface area contributed by atoms with Crippen molar-refractivity contribution >= 4 is 17.9 Å². The number of nitrogens with one attached hydrogen (secondary N) is 2. The molecule has 1 amide bonds. The highest BCUT2D eigenvalue weighted by atomic mass is 16.1. The number of rotatable bonds is 3. The number of H-pyrrole nitrogens is 1. The fourth-order valence-corrected chi connectivity index (χ4v) is 1.74. The number of hydrogen-bond donors (Lipinski definition) is 2. The number of aryl methyl sites for hydroxylation is 3. The Bertz CT molecular complexity index is 637. The van der Waals surface area contributed by atoms with Crippen molar-refractivity contribution in [1.82, 2.24) is 25.0 Å². The summed E-state index contributed by atoms with van der Waals surface area (Å²) in [7, 11) is 1.87. The molecule has 7 heteroatoms. The SMILES string of the molecule is Cc1nc(NC(=O)/C=C/c2c(C)nn(C)c2C)n[nH]1. The van der Waals surface area contributed by atoms with Crippen molar-refractivity contribution in [2.24, 2.45) is 7.05 Å². The van der Waals surface area contributed by atoms with Gasteiger partial charge in [0, 0.05) is 24.4 Å². The van der Waals surface area contributed by atoms with Crippen molar-refractivity contribution in [3.05, 3.63) is 28.9 Å². The molecular weight excluding hydrogens is 244 g/mol. The van der Waals surface area contributed by atoms with Gasteiger partial charge in [-0.05, 0) is 26.8 Å². The van der Waals surface area contributed by atoms with Gasteiger partial charge in [0.25, 0.3) is 5.91 Å². The summed E-state index contributed by atoms with van der Waals surface area (Å²) in [6, 6.07) is 0. The molecule has 0 aliphatic rings. The topological polar surface area (TPSA) is 88.5 Å². The number of nitrogens with zero attached hydrogens (tertiary/aromatic N) is 4. The van der Waals surface area contributed by atoms with Crippen LogP contribution in [0.3, 0.4) is 0 Å². The molecular formula is C12H16N6O. The molecule has 2 aromatic heterocycles. The molecule has 0 fully saturated rings. The Morgan fingerprint density at radius 3 is 2.63 bits per heavy atom. The van der Waals surface area contributed by atoms with E-state index in [4.69, 9.17) is 0 Å². The Morgan fingerprint density at radius 1 is 1.37 bits per heavy atom. The Kier molecular flexibility index (Phi) is 3.46. The monoisotopic (exact) mass is 260 g/mol. The highest BCUT2D eigenvalue weighted by Crippen LogP contribution is 2.13. The first-order chi connectivity index (χ1) is 8.97. The molecule has 2 aromatic rings. The van der Waals surface area contributed by atoms with E-state index in [1.54, 1.807) is 17.7 Å². The minimum atomic E-state index is -0.276. The van der Waals surface area contributed by atoms with Gasteiger partial charge < -0.3 is 0 Å². The second-order valence-corrected chi connectivity index (χ2v) is 4.28. The zero-order valence-electron chi connectivity index (χ0n) is 11.4. The summed E-state index contributed by atoms with van der Waals surface area (Å²) in [6.07, 6.45) is 3.19. The largest absolute Gasteiger partial charge is 0.290 e.